The Bertz CT molecular complexity index is 1080. The van der Waals surface area contributed by atoms with Crippen molar-refractivity contribution in [1.82, 2.24) is 24.0 Å². The summed E-state index contributed by atoms with van der Waals surface area (Å²) in [7, 11) is 3.58. The number of aromatic nitrogens is 4. The van der Waals surface area contributed by atoms with Gasteiger partial charge in [-0.05, 0) is 12.5 Å². The zero-order valence-electron chi connectivity index (χ0n) is 16.3. The third kappa shape index (κ3) is 3.15. The van der Waals surface area contributed by atoms with Gasteiger partial charge >= 0.3 is 0 Å². The Morgan fingerprint density at radius 2 is 1.89 bits per heavy atom. The Hall–Kier alpha value is -3.16. The molecule has 0 spiro atoms. The second-order valence-electron chi connectivity index (χ2n) is 7.26. The van der Waals surface area contributed by atoms with Gasteiger partial charge in [0.05, 0.1) is 22.7 Å². The van der Waals surface area contributed by atoms with Crippen LogP contribution >= 0.6 is 0 Å². The summed E-state index contributed by atoms with van der Waals surface area (Å²) in [6.45, 7) is 3.10. The van der Waals surface area contributed by atoms with Crippen LogP contribution in [0.4, 0.5) is 0 Å². The number of nitrogens with zero attached hydrogens (tertiary/aromatic N) is 5. The van der Waals surface area contributed by atoms with Gasteiger partial charge in [0.25, 0.3) is 11.5 Å². The van der Waals surface area contributed by atoms with Gasteiger partial charge in [0.15, 0.2) is 0 Å². The molecule has 0 aromatic carbocycles. The summed E-state index contributed by atoms with van der Waals surface area (Å²) in [5.74, 6) is 0.395. The summed E-state index contributed by atoms with van der Waals surface area (Å²) in [5, 5.41) is 0.493. The quantitative estimate of drug-likeness (QED) is 0.689. The Kier molecular flexibility index (Phi) is 4.62. The zero-order valence-corrected chi connectivity index (χ0v) is 16.3. The number of pyridine rings is 1. The lowest BCUT2D eigenvalue weighted by Gasteiger charge is -2.31. The summed E-state index contributed by atoms with van der Waals surface area (Å²) >= 11 is 0. The zero-order chi connectivity index (χ0) is 19.8. The molecule has 0 unspecified atom stereocenters. The molecule has 0 atom stereocenters. The summed E-state index contributed by atoms with van der Waals surface area (Å²) in [6.07, 6.45) is 9.78. The average molecular weight is 381 g/mol. The van der Waals surface area contributed by atoms with Crippen LogP contribution in [0.5, 0.6) is 5.88 Å². The molecule has 28 heavy (non-hydrogen) atoms. The molecule has 3 aromatic rings. The first-order valence-electron chi connectivity index (χ1n) is 9.33. The molecule has 3 aromatic heterocycles. The van der Waals surface area contributed by atoms with Crippen molar-refractivity contribution in [3.63, 3.8) is 0 Å². The number of carbonyl (C=O) groups excluding carboxylic acids is 1. The van der Waals surface area contributed by atoms with Gasteiger partial charge in [-0.2, -0.15) is 0 Å². The van der Waals surface area contributed by atoms with Crippen molar-refractivity contribution in [3.05, 3.63) is 52.5 Å². The van der Waals surface area contributed by atoms with Crippen molar-refractivity contribution < 1.29 is 9.53 Å². The summed E-state index contributed by atoms with van der Waals surface area (Å²) in [5.41, 5.74) is 2.10. The van der Waals surface area contributed by atoms with Crippen molar-refractivity contribution in [3.8, 4) is 5.88 Å². The molecule has 8 heteroatoms. The molecule has 8 nitrogen and oxygen atoms in total. The maximum atomic E-state index is 13.2. The molecule has 0 N–H and O–H groups in total. The van der Waals surface area contributed by atoms with Crippen LogP contribution in [0.1, 0.15) is 28.8 Å². The lowest BCUT2D eigenvalue weighted by atomic mass is 10.1. The lowest BCUT2D eigenvalue weighted by molar-refractivity contribution is 0.0588. The Morgan fingerprint density at radius 3 is 2.57 bits per heavy atom. The first-order chi connectivity index (χ1) is 13.5. The minimum absolute atomic E-state index is 0.00313. The van der Waals surface area contributed by atoms with E-state index in [4.69, 9.17) is 4.74 Å². The maximum absolute atomic E-state index is 13.2. The fraction of sp³-hybridized carbons (Fsp3) is 0.400. The predicted molar refractivity (Wildman–Crippen MR) is 104 cm³/mol. The predicted octanol–water partition coefficient (Wildman–Crippen LogP) is 1.66. The third-order valence-corrected chi connectivity index (χ3v) is 5.26. The highest BCUT2D eigenvalue weighted by Crippen LogP contribution is 2.24. The molecule has 146 valence electrons. The Labute approximate surface area is 162 Å². The van der Waals surface area contributed by atoms with Crippen molar-refractivity contribution in [1.29, 1.82) is 0 Å². The van der Waals surface area contributed by atoms with Crippen LogP contribution in [0.2, 0.25) is 0 Å². The number of piperidine rings is 1. The number of carbonyl (C=O) groups is 1. The van der Waals surface area contributed by atoms with Crippen LogP contribution in [0.15, 0.2) is 35.8 Å². The van der Waals surface area contributed by atoms with Gasteiger partial charge in [-0.3, -0.25) is 14.6 Å². The van der Waals surface area contributed by atoms with E-state index in [2.05, 4.69) is 9.97 Å². The monoisotopic (exact) mass is 381 g/mol. The molecule has 0 bridgehead atoms. The SMILES string of the molecule is Cc1cn(C)c(=O)c2c(C(=O)N3CCC(Oc4cnccn4)CC3)cn(C)c12. The van der Waals surface area contributed by atoms with Crippen LogP contribution in [0.25, 0.3) is 10.9 Å². The van der Waals surface area contributed by atoms with E-state index in [0.717, 1.165) is 11.1 Å². The first-order valence-corrected chi connectivity index (χ1v) is 9.33. The van der Waals surface area contributed by atoms with Crippen molar-refractivity contribution in [2.75, 3.05) is 13.1 Å². The highest BCUT2D eigenvalue weighted by atomic mass is 16.5. The minimum atomic E-state index is -0.148. The fourth-order valence-electron chi connectivity index (χ4n) is 3.93. The third-order valence-electron chi connectivity index (χ3n) is 5.26. The number of amides is 1. The largest absolute Gasteiger partial charge is 0.473 e. The van der Waals surface area contributed by atoms with Gasteiger partial charge in [-0.1, -0.05) is 0 Å². The second-order valence-corrected chi connectivity index (χ2v) is 7.26. The standard InChI is InChI=1S/C20H23N5O3/c1-13-11-24(3)20(27)17-15(12-23(2)18(13)17)19(26)25-8-4-14(5-9-25)28-16-10-21-6-7-22-16/h6-7,10-12,14H,4-5,8-9H2,1-3H3. The number of aryl methyl sites for hydroxylation is 3. The molecular weight excluding hydrogens is 358 g/mol. The second kappa shape index (κ2) is 7.10. The molecule has 1 fully saturated rings. The van der Waals surface area contributed by atoms with E-state index in [1.165, 1.54) is 4.57 Å². The van der Waals surface area contributed by atoms with Crippen LogP contribution in [0.3, 0.4) is 0 Å². The molecule has 0 saturated carbocycles. The van der Waals surface area contributed by atoms with Crippen LogP contribution in [-0.4, -0.2) is 49.1 Å². The van der Waals surface area contributed by atoms with Crippen LogP contribution < -0.4 is 10.3 Å². The smallest absolute Gasteiger partial charge is 0.260 e. The summed E-state index contributed by atoms with van der Waals surface area (Å²) in [4.78, 5) is 35.8. The summed E-state index contributed by atoms with van der Waals surface area (Å²) < 4.78 is 9.25. The Morgan fingerprint density at radius 1 is 1.14 bits per heavy atom. The van der Waals surface area contributed by atoms with Gasteiger partial charge in [0, 0.05) is 64.8 Å². The highest BCUT2D eigenvalue weighted by molar-refractivity contribution is 6.07. The first kappa shape index (κ1) is 18.2. The molecule has 1 aliphatic rings. The van der Waals surface area contributed by atoms with Crippen LogP contribution in [-0.2, 0) is 14.1 Å². The number of rotatable bonds is 3. The Balaban J connectivity index is 1.54. The molecular formula is C20H23N5O3. The van der Waals surface area contributed by atoms with Gasteiger partial charge in [-0.15, -0.1) is 0 Å². The molecule has 1 saturated heterocycles. The van der Waals surface area contributed by atoms with Crippen molar-refractivity contribution >= 4 is 16.8 Å². The number of likely N-dealkylation sites (tertiary alicyclic amines) is 1. The van der Waals surface area contributed by atoms with Gasteiger partial charge in [0.1, 0.15) is 6.10 Å². The summed E-state index contributed by atoms with van der Waals surface area (Å²) in [6, 6.07) is 0. The molecule has 0 aliphatic carbocycles. The van der Waals surface area contributed by atoms with E-state index in [0.29, 0.717) is 42.8 Å². The van der Waals surface area contributed by atoms with Crippen molar-refractivity contribution in [2.24, 2.45) is 14.1 Å². The van der Waals surface area contributed by atoms with E-state index >= 15 is 0 Å². The number of hydrogen-bond acceptors (Lipinski definition) is 5. The number of ether oxygens (including phenoxy) is 1. The van der Waals surface area contributed by atoms with Gasteiger partial charge < -0.3 is 18.8 Å². The fourth-order valence-corrected chi connectivity index (χ4v) is 3.93. The van der Waals surface area contributed by atoms with Gasteiger partial charge in [-0.25, -0.2) is 4.98 Å². The average Bonchev–Trinajstić information content (AvgIpc) is 3.05. The van der Waals surface area contributed by atoms with E-state index in [1.807, 2.05) is 18.5 Å². The minimum Gasteiger partial charge on any atom is -0.473 e. The van der Waals surface area contributed by atoms with Crippen LogP contribution in [0, 0.1) is 6.92 Å². The van der Waals surface area contributed by atoms with Crippen molar-refractivity contribution in [2.45, 2.75) is 25.9 Å². The topological polar surface area (TPSA) is 82.2 Å². The molecule has 4 heterocycles. The molecule has 4 rings (SSSR count). The molecule has 1 amide bonds. The maximum Gasteiger partial charge on any atom is 0.260 e. The number of fused-ring (bicyclic) bond motifs is 1. The molecule has 0 radical (unpaired) electrons. The lowest BCUT2D eigenvalue weighted by Crippen LogP contribution is -2.42. The van der Waals surface area contributed by atoms with E-state index in [9.17, 15) is 9.59 Å². The highest BCUT2D eigenvalue weighted by Gasteiger charge is 2.28. The van der Waals surface area contributed by atoms with Gasteiger partial charge in [0.2, 0.25) is 5.88 Å². The molecule has 1 aliphatic heterocycles. The number of hydrogen-bond donors (Lipinski definition) is 0. The van der Waals surface area contributed by atoms with E-state index < -0.39 is 0 Å². The normalized spacial score (nSPS) is 15.2. The van der Waals surface area contributed by atoms with E-state index in [1.54, 1.807) is 42.9 Å². The van der Waals surface area contributed by atoms with E-state index in [-0.39, 0.29) is 17.6 Å².